The fourth-order valence-corrected chi connectivity index (χ4v) is 5.93. The molecule has 0 bridgehead atoms. The number of halogens is 1. The lowest BCUT2D eigenvalue weighted by Gasteiger charge is -2.34. The third-order valence-corrected chi connectivity index (χ3v) is 7.91. The molecule has 1 N–H and O–H groups in total. The van der Waals surface area contributed by atoms with Crippen LogP contribution in [0.4, 0.5) is 11.4 Å². The van der Waals surface area contributed by atoms with Gasteiger partial charge in [0.1, 0.15) is 5.75 Å². The van der Waals surface area contributed by atoms with E-state index >= 15 is 0 Å². The molecule has 1 aliphatic carbocycles. The molecular weight excluding hydrogens is 532 g/mol. The SMILES string of the molecule is COc1cccc(C2C3=C(CC(c4ccccc4)CC3=O)Nc3cc(Cl)ccc3N2C(=O)C=Cc2ccccc2)c1. The number of fused-ring (bicyclic) bond motifs is 1. The van der Waals surface area contributed by atoms with E-state index in [1.165, 1.54) is 0 Å². The molecule has 6 heteroatoms. The van der Waals surface area contributed by atoms with E-state index in [1.54, 1.807) is 30.2 Å². The van der Waals surface area contributed by atoms with Crippen LogP contribution >= 0.6 is 11.6 Å². The molecule has 2 unspecified atom stereocenters. The topological polar surface area (TPSA) is 58.6 Å². The zero-order valence-electron chi connectivity index (χ0n) is 22.6. The van der Waals surface area contributed by atoms with Crippen LogP contribution < -0.4 is 15.0 Å². The zero-order valence-corrected chi connectivity index (χ0v) is 23.3. The first-order valence-corrected chi connectivity index (χ1v) is 14.0. The van der Waals surface area contributed by atoms with Crippen molar-refractivity contribution in [2.45, 2.75) is 24.8 Å². The van der Waals surface area contributed by atoms with E-state index in [0.29, 0.717) is 40.6 Å². The number of ketones is 1. The first kappa shape index (κ1) is 26.6. The van der Waals surface area contributed by atoms with Crippen LogP contribution in [0.5, 0.6) is 5.75 Å². The smallest absolute Gasteiger partial charge is 0.251 e. The van der Waals surface area contributed by atoms with Crippen molar-refractivity contribution in [1.29, 1.82) is 0 Å². The monoisotopic (exact) mass is 560 g/mol. The Labute approximate surface area is 244 Å². The van der Waals surface area contributed by atoms with Gasteiger partial charge >= 0.3 is 0 Å². The summed E-state index contributed by atoms with van der Waals surface area (Å²) in [6, 6.07) is 32.1. The van der Waals surface area contributed by atoms with Crippen molar-refractivity contribution in [2.24, 2.45) is 0 Å². The number of methoxy groups -OCH3 is 1. The van der Waals surface area contributed by atoms with Gasteiger partial charge in [0.05, 0.1) is 24.5 Å². The van der Waals surface area contributed by atoms with E-state index in [2.05, 4.69) is 17.4 Å². The highest BCUT2D eigenvalue weighted by Crippen LogP contribution is 2.48. The Morgan fingerprint density at radius 2 is 1.63 bits per heavy atom. The number of nitrogens with one attached hydrogen (secondary N) is 1. The van der Waals surface area contributed by atoms with Crippen molar-refractivity contribution < 1.29 is 14.3 Å². The largest absolute Gasteiger partial charge is 0.497 e. The van der Waals surface area contributed by atoms with Gasteiger partial charge in [-0.15, -0.1) is 0 Å². The van der Waals surface area contributed by atoms with Gasteiger partial charge in [0.25, 0.3) is 5.91 Å². The number of carbonyl (C=O) groups is 2. The normalized spacial score (nSPS) is 18.4. The number of Topliss-reactive ketones (excluding diaryl/α,β-unsaturated/α-hetero) is 1. The lowest BCUT2D eigenvalue weighted by atomic mass is 9.78. The predicted molar refractivity (Wildman–Crippen MR) is 164 cm³/mol. The molecule has 0 saturated heterocycles. The van der Waals surface area contributed by atoms with Gasteiger partial charge in [-0.1, -0.05) is 84.4 Å². The number of amides is 1. The lowest BCUT2D eigenvalue weighted by molar-refractivity contribution is -0.116. The molecular formula is C35H29ClN2O3. The van der Waals surface area contributed by atoms with Crippen molar-refractivity contribution >= 4 is 40.7 Å². The summed E-state index contributed by atoms with van der Waals surface area (Å²) in [5.41, 5.74) is 5.51. The summed E-state index contributed by atoms with van der Waals surface area (Å²) >= 11 is 6.46. The molecule has 4 aromatic carbocycles. The Morgan fingerprint density at radius 3 is 2.39 bits per heavy atom. The Bertz CT molecular complexity index is 1660. The summed E-state index contributed by atoms with van der Waals surface area (Å²) in [6.45, 7) is 0. The first-order valence-electron chi connectivity index (χ1n) is 13.6. The maximum atomic E-state index is 14.2. The summed E-state index contributed by atoms with van der Waals surface area (Å²) in [5, 5.41) is 4.08. The predicted octanol–water partition coefficient (Wildman–Crippen LogP) is 7.96. The maximum Gasteiger partial charge on any atom is 0.251 e. The van der Waals surface area contributed by atoms with Crippen molar-refractivity contribution in [3.63, 3.8) is 0 Å². The Morgan fingerprint density at radius 1 is 0.902 bits per heavy atom. The number of allylic oxidation sites excluding steroid dienone is 1. The van der Waals surface area contributed by atoms with Gasteiger partial charge < -0.3 is 10.1 Å². The fourth-order valence-electron chi connectivity index (χ4n) is 5.76. The molecule has 5 nitrogen and oxygen atoms in total. The molecule has 41 heavy (non-hydrogen) atoms. The summed E-state index contributed by atoms with van der Waals surface area (Å²) in [7, 11) is 1.61. The Hall–Kier alpha value is -4.61. The molecule has 1 aliphatic heterocycles. The minimum atomic E-state index is -0.674. The standard InChI is InChI=1S/C35H29ClN2O3/c1-41-28-14-8-13-25(19-28)35-34-30(20-26(21-32(34)39)24-11-6-3-7-12-24)37-29-22-27(36)16-17-31(29)38(35)33(40)18-15-23-9-4-2-5-10-23/h2-19,22,26,35,37H,20-21H2,1H3. The average Bonchev–Trinajstić information content (AvgIpc) is 3.15. The molecule has 0 saturated carbocycles. The summed E-state index contributed by atoms with van der Waals surface area (Å²) in [4.78, 5) is 30.1. The van der Waals surface area contributed by atoms with Crippen LogP contribution in [-0.4, -0.2) is 18.8 Å². The third-order valence-electron chi connectivity index (χ3n) is 7.68. The highest BCUT2D eigenvalue weighted by atomic mass is 35.5. The Balaban J connectivity index is 1.54. The number of nitrogens with zero attached hydrogens (tertiary/aromatic N) is 1. The van der Waals surface area contributed by atoms with Gasteiger partial charge in [-0.3, -0.25) is 14.5 Å². The minimum Gasteiger partial charge on any atom is -0.497 e. The number of benzene rings is 4. The highest BCUT2D eigenvalue weighted by Gasteiger charge is 2.41. The number of ether oxygens (including phenoxy) is 1. The van der Waals surface area contributed by atoms with Crippen molar-refractivity contribution in [2.75, 3.05) is 17.3 Å². The molecule has 0 fully saturated rings. The minimum absolute atomic E-state index is 0.00386. The van der Waals surface area contributed by atoms with Crippen molar-refractivity contribution in [3.05, 3.63) is 142 Å². The van der Waals surface area contributed by atoms with Crippen LogP contribution in [-0.2, 0) is 9.59 Å². The quantitative estimate of drug-likeness (QED) is 0.251. The number of rotatable bonds is 5. The van der Waals surface area contributed by atoms with Crippen LogP contribution in [0.15, 0.2) is 120 Å². The van der Waals surface area contributed by atoms with Crippen LogP contribution in [0.25, 0.3) is 6.08 Å². The molecule has 4 aromatic rings. The zero-order chi connectivity index (χ0) is 28.3. The Kier molecular flexibility index (Phi) is 7.45. The number of anilines is 2. The molecule has 2 atom stereocenters. The second kappa shape index (κ2) is 11.5. The van der Waals surface area contributed by atoms with Gasteiger partial charge in [-0.05, 0) is 65.4 Å². The van der Waals surface area contributed by atoms with Gasteiger partial charge in [0.15, 0.2) is 5.78 Å². The second-order valence-electron chi connectivity index (χ2n) is 10.2. The first-order chi connectivity index (χ1) is 20.0. The second-order valence-corrected chi connectivity index (χ2v) is 10.7. The molecule has 0 aromatic heterocycles. The molecule has 2 aliphatic rings. The maximum absolute atomic E-state index is 14.2. The van der Waals surface area contributed by atoms with Crippen LogP contribution in [0.2, 0.25) is 5.02 Å². The van der Waals surface area contributed by atoms with Crippen LogP contribution in [0.1, 0.15) is 41.5 Å². The van der Waals surface area contributed by atoms with Gasteiger partial charge in [-0.2, -0.15) is 0 Å². The van der Waals surface area contributed by atoms with E-state index in [-0.39, 0.29) is 17.6 Å². The van der Waals surface area contributed by atoms with Crippen LogP contribution in [0, 0.1) is 0 Å². The van der Waals surface area contributed by atoms with E-state index in [0.717, 1.165) is 22.4 Å². The van der Waals surface area contributed by atoms with Gasteiger partial charge in [0, 0.05) is 28.8 Å². The van der Waals surface area contributed by atoms with Gasteiger partial charge in [-0.25, -0.2) is 0 Å². The van der Waals surface area contributed by atoms with E-state index in [9.17, 15) is 9.59 Å². The van der Waals surface area contributed by atoms with Crippen molar-refractivity contribution in [1.82, 2.24) is 0 Å². The van der Waals surface area contributed by atoms with Crippen LogP contribution in [0.3, 0.4) is 0 Å². The molecule has 204 valence electrons. The summed E-state index contributed by atoms with van der Waals surface area (Å²) in [6.07, 6.45) is 4.33. The van der Waals surface area contributed by atoms with E-state index in [4.69, 9.17) is 16.3 Å². The van der Waals surface area contributed by atoms with Gasteiger partial charge in [0.2, 0.25) is 0 Å². The molecule has 6 rings (SSSR count). The summed E-state index contributed by atoms with van der Waals surface area (Å²) in [5.74, 6) is 0.419. The highest BCUT2D eigenvalue weighted by molar-refractivity contribution is 6.31. The molecule has 0 radical (unpaired) electrons. The van der Waals surface area contributed by atoms with Crippen molar-refractivity contribution in [3.8, 4) is 5.75 Å². The molecule has 0 spiro atoms. The molecule has 1 heterocycles. The number of hydrogen-bond acceptors (Lipinski definition) is 4. The summed E-state index contributed by atoms with van der Waals surface area (Å²) < 4.78 is 5.55. The van der Waals surface area contributed by atoms with E-state index in [1.807, 2.05) is 84.9 Å². The van der Waals surface area contributed by atoms with E-state index < -0.39 is 6.04 Å². The third kappa shape index (κ3) is 5.41. The number of hydrogen-bond donors (Lipinski definition) is 1. The average molecular weight is 561 g/mol. The fraction of sp³-hybridized carbons (Fsp3) is 0.143. The lowest BCUT2D eigenvalue weighted by Crippen LogP contribution is -2.37. The molecule has 1 amide bonds. The number of carbonyl (C=O) groups excluding carboxylic acids is 2.